The van der Waals surface area contributed by atoms with E-state index < -0.39 is 0 Å². The van der Waals surface area contributed by atoms with E-state index in [1.54, 1.807) is 23.9 Å². The second kappa shape index (κ2) is 3.88. The van der Waals surface area contributed by atoms with E-state index in [9.17, 15) is 0 Å². The van der Waals surface area contributed by atoms with Crippen molar-refractivity contribution < 1.29 is 5.11 Å². The first-order chi connectivity index (χ1) is 5.24. The summed E-state index contributed by atoms with van der Waals surface area (Å²) in [6.45, 7) is 0. The monoisotopic (exact) mass is 188 g/mol. The lowest BCUT2D eigenvalue weighted by molar-refractivity contribution is 0.475. The SMILES string of the molecule is CSCc1ccc(O)c(Cl)c1. The van der Waals surface area contributed by atoms with Gasteiger partial charge in [0, 0.05) is 5.75 Å². The van der Waals surface area contributed by atoms with Gasteiger partial charge in [-0.1, -0.05) is 17.7 Å². The Morgan fingerprint density at radius 3 is 2.82 bits per heavy atom. The Morgan fingerprint density at radius 1 is 1.55 bits per heavy atom. The van der Waals surface area contributed by atoms with E-state index in [1.807, 2.05) is 12.3 Å². The molecule has 1 aromatic rings. The van der Waals surface area contributed by atoms with Crippen LogP contribution in [0.3, 0.4) is 0 Å². The van der Waals surface area contributed by atoms with Crippen LogP contribution in [-0.4, -0.2) is 11.4 Å². The number of benzene rings is 1. The molecule has 0 saturated carbocycles. The molecule has 11 heavy (non-hydrogen) atoms. The number of hydrogen-bond acceptors (Lipinski definition) is 2. The topological polar surface area (TPSA) is 20.2 Å². The Morgan fingerprint density at radius 2 is 2.27 bits per heavy atom. The quantitative estimate of drug-likeness (QED) is 0.770. The second-order valence-electron chi connectivity index (χ2n) is 2.22. The third-order valence-electron chi connectivity index (χ3n) is 1.32. The molecule has 3 heteroatoms. The number of rotatable bonds is 2. The van der Waals surface area contributed by atoms with Crippen LogP contribution in [0.5, 0.6) is 5.75 Å². The van der Waals surface area contributed by atoms with E-state index in [0.717, 1.165) is 11.3 Å². The molecule has 0 spiro atoms. The summed E-state index contributed by atoms with van der Waals surface area (Å²) >= 11 is 7.42. The molecular formula is C8H9ClOS. The number of hydrogen-bond donors (Lipinski definition) is 1. The fraction of sp³-hybridized carbons (Fsp3) is 0.250. The van der Waals surface area contributed by atoms with Crippen molar-refractivity contribution in [1.82, 2.24) is 0 Å². The number of aromatic hydroxyl groups is 1. The molecule has 0 aliphatic carbocycles. The first kappa shape index (κ1) is 8.75. The summed E-state index contributed by atoms with van der Waals surface area (Å²) in [5.41, 5.74) is 1.14. The molecule has 0 bridgehead atoms. The van der Waals surface area contributed by atoms with E-state index in [1.165, 1.54) is 0 Å². The van der Waals surface area contributed by atoms with Crippen LogP contribution in [-0.2, 0) is 5.75 Å². The molecule has 0 saturated heterocycles. The molecule has 1 rings (SSSR count). The fourth-order valence-corrected chi connectivity index (χ4v) is 1.52. The highest BCUT2D eigenvalue weighted by atomic mass is 35.5. The maximum atomic E-state index is 9.07. The molecule has 0 aromatic heterocycles. The summed E-state index contributed by atoms with van der Waals surface area (Å²) in [4.78, 5) is 0. The standard InChI is InChI=1S/C8H9ClOS/c1-11-5-6-2-3-8(10)7(9)4-6/h2-4,10H,5H2,1H3. The normalized spacial score (nSPS) is 10.0. The largest absolute Gasteiger partial charge is 0.506 e. The third kappa shape index (κ3) is 2.31. The lowest BCUT2D eigenvalue weighted by atomic mass is 10.2. The van der Waals surface area contributed by atoms with Gasteiger partial charge in [0.1, 0.15) is 5.75 Å². The van der Waals surface area contributed by atoms with Crippen molar-refractivity contribution >= 4 is 23.4 Å². The number of phenols is 1. The molecule has 1 aromatic carbocycles. The smallest absolute Gasteiger partial charge is 0.134 e. The van der Waals surface area contributed by atoms with Gasteiger partial charge in [0.2, 0.25) is 0 Å². The summed E-state index contributed by atoms with van der Waals surface area (Å²) < 4.78 is 0. The van der Waals surface area contributed by atoms with Crippen LogP contribution in [0.15, 0.2) is 18.2 Å². The Kier molecular flexibility index (Phi) is 3.09. The maximum Gasteiger partial charge on any atom is 0.134 e. The first-order valence-corrected chi connectivity index (χ1v) is 4.97. The lowest BCUT2D eigenvalue weighted by Crippen LogP contribution is -1.78. The second-order valence-corrected chi connectivity index (χ2v) is 3.49. The summed E-state index contributed by atoms with van der Waals surface area (Å²) in [5, 5.41) is 9.50. The van der Waals surface area contributed by atoms with Crippen LogP contribution >= 0.6 is 23.4 Å². The minimum atomic E-state index is 0.150. The summed E-state index contributed by atoms with van der Waals surface area (Å²) in [5.74, 6) is 1.08. The van der Waals surface area contributed by atoms with Crippen LogP contribution in [0.4, 0.5) is 0 Å². The van der Waals surface area contributed by atoms with Crippen molar-refractivity contribution in [1.29, 1.82) is 0 Å². The minimum absolute atomic E-state index is 0.150. The molecule has 0 heterocycles. The highest BCUT2D eigenvalue weighted by molar-refractivity contribution is 7.97. The molecule has 1 nitrogen and oxygen atoms in total. The highest BCUT2D eigenvalue weighted by Gasteiger charge is 1.98. The van der Waals surface area contributed by atoms with E-state index >= 15 is 0 Å². The van der Waals surface area contributed by atoms with Crippen molar-refractivity contribution in [3.63, 3.8) is 0 Å². The predicted molar refractivity (Wildman–Crippen MR) is 50.3 cm³/mol. The van der Waals surface area contributed by atoms with Crippen molar-refractivity contribution in [2.75, 3.05) is 6.26 Å². The van der Waals surface area contributed by atoms with Crippen molar-refractivity contribution in [3.8, 4) is 5.75 Å². The average Bonchev–Trinajstić information content (AvgIpc) is 1.98. The summed E-state index contributed by atoms with van der Waals surface area (Å²) in [6, 6.07) is 5.28. The Bertz CT molecular complexity index is 250. The van der Waals surface area contributed by atoms with Gasteiger partial charge < -0.3 is 5.11 Å². The zero-order chi connectivity index (χ0) is 8.27. The molecule has 0 aliphatic rings. The Labute approximate surface area is 75.4 Å². The number of thioether (sulfide) groups is 1. The molecule has 0 fully saturated rings. The van der Waals surface area contributed by atoms with Gasteiger partial charge in [0.25, 0.3) is 0 Å². The van der Waals surface area contributed by atoms with Gasteiger partial charge in [0.05, 0.1) is 5.02 Å². The van der Waals surface area contributed by atoms with E-state index in [4.69, 9.17) is 16.7 Å². The van der Waals surface area contributed by atoms with Crippen LogP contribution in [0, 0.1) is 0 Å². The van der Waals surface area contributed by atoms with Gasteiger partial charge in [-0.25, -0.2) is 0 Å². The van der Waals surface area contributed by atoms with Gasteiger partial charge in [-0.3, -0.25) is 0 Å². The number of halogens is 1. The molecule has 60 valence electrons. The van der Waals surface area contributed by atoms with E-state index in [-0.39, 0.29) is 5.75 Å². The van der Waals surface area contributed by atoms with Gasteiger partial charge in [0.15, 0.2) is 0 Å². The number of phenolic OH excluding ortho intramolecular Hbond substituents is 1. The molecular weight excluding hydrogens is 180 g/mol. The average molecular weight is 189 g/mol. The third-order valence-corrected chi connectivity index (χ3v) is 2.25. The van der Waals surface area contributed by atoms with Crippen molar-refractivity contribution in [3.05, 3.63) is 28.8 Å². The minimum Gasteiger partial charge on any atom is -0.506 e. The van der Waals surface area contributed by atoms with Crippen LogP contribution in [0.25, 0.3) is 0 Å². The van der Waals surface area contributed by atoms with Crippen LogP contribution in [0.1, 0.15) is 5.56 Å². The lowest BCUT2D eigenvalue weighted by Gasteiger charge is -2.00. The van der Waals surface area contributed by atoms with Crippen LogP contribution < -0.4 is 0 Å². The van der Waals surface area contributed by atoms with Crippen molar-refractivity contribution in [2.45, 2.75) is 5.75 Å². The predicted octanol–water partition coefficient (Wildman–Crippen LogP) is 2.91. The van der Waals surface area contributed by atoms with Gasteiger partial charge in [-0.15, -0.1) is 0 Å². The molecule has 0 aliphatic heterocycles. The molecule has 0 unspecified atom stereocenters. The zero-order valence-electron chi connectivity index (χ0n) is 6.17. The van der Waals surface area contributed by atoms with Crippen molar-refractivity contribution in [2.24, 2.45) is 0 Å². The fourth-order valence-electron chi connectivity index (χ4n) is 0.807. The van der Waals surface area contributed by atoms with E-state index in [2.05, 4.69) is 0 Å². The molecule has 1 N–H and O–H groups in total. The molecule has 0 radical (unpaired) electrons. The Hall–Kier alpha value is -0.340. The summed E-state index contributed by atoms with van der Waals surface area (Å²) in [6.07, 6.45) is 2.03. The van der Waals surface area contributed by atoms with Gasteiger partial charge >= 0.3 is 0 Å². The summed E-state index contributed by atoms with van der Waals surface area (Å²) in [7, 11) is 0. The Balaban J connectivity index is 2.86. The first-order valence-electron chi connectivity index (χ1n) is 3.20. The molecule has 0 amide bonds. The van der Waals surface area contributed by atoms with E-state index in [0.29, 0.717) is 5.02 Å². The van der Waals surface area contributed by atoms with Gasteiger partial charge in [-0.05, 0) is 24.0 Å². The zero-order valence-corrected chi connectivity index (χ0v) is 7.75. The van der Waals surface area contributed by atoms with Gasteiger partial charge in [-0.2, -0.15) is 11.8 Å². The maximum absolute atomic E-state index is 9.07. The molecule has 0 atom stereocenters. The highest BCUT2D eigenvalue weighted by Crippen LogP contribution is 2.24. The van der Waals surface area contributed by atoms with Crippen LogP contribution in [0.2, 0.25) is 5.02 Å².